The molecule has 0 aromatic heterocycles. The summed E-state index contributed by atoms with van der Waals surface area (Å²) < 4.78 is 15.8. The summed E-state index contributed by atoms with van der Waals surface area (Å²) in [6.45, 7) is 7.23. The van der Waals surface area contributed by atoms with Crippen LogP contribution in [-0.2, 0) is 16.1 Å². The predicted molar refractivity (Wildman–Crippen MR) is 81.7 cm³/mol. The van der Waals surface area contributed by atoms with Crippen LogP contribution in [0.5, 0.6) is 11.5 Å². The molecule has 0 bridgehead atoms. The Hall–Kier alpha value is -1.75. The number of ether oxygens (including phenoxy) is 3. The first kappa shape index (κ1) is 17.3. The van der Waals surface area contributed by atoms with Gasteiger partial charge in [-0.05, 0) is 45.0 Å². The van der Waals surface area contributed by atoms with Gasteiger partial charge in [-0.25, -0.2) is 4.79 Å². The van der Waals surface area contributed by atoms with Gasteiger partial charge in [0, 0.05) is 12.1 Å². The largest absolute Gasteiger partial charge is 0.497 e. The lowest BCUT2D eigenvalue weighted by Gasteiger charge is -2.14. The summed E-state index contributed by atoms with van der Waals surface area (Å²) in [7, 11) is 1.62. The molecule has 0 saturated heterocycles. The number of rotatable bonds is 9. The first-order valence-electron chi connectivity index (χ1n) is 7.26. The minimum Gasteiger partial charge on any atom is -0.497 e. The molecule has 5 heteroatoms. The molecule has 0 heterocycles. The van der Waals surface area contributed by atoms with Crippen molar-refractivity contribution >= 4 is 5.97 Å². The fraction of sp³-hybridized carbons (Fsp3) is 0.562. The maximum absolute atomic E-state index is 11.5. The van der Waals surface area contributed by atoms with Gasteiger partial charge in [-0.1, -0.05) is 6.92 Å². The third-order valence-electron chi connectivity index (χ3n) is 2.72. The predicted octanol–water partition coefficient (Wildman–Crippen LogP) is 2.53. The Labute approximate surface area is 126 Å². The first-order valence-corrected chi connectivity index (χ1v) is 7.26. The summed E-state index contributed by atoms with van der Waals surface area (Å²) in [6, 6.07) is 5.53. The van der Waals surface area contributed by atoms with Crippen molar-refractivity contribution in [2.24, 2.45) is 0 Å². The molecule has 1 N–H and O–H groups in total. The highest BCUT2D eigenvalue weighted by Crippen LogP contribution is 2.24. The van der Waals surface area contributed by atoms with Crippen LogP contribution in [0.2, 0.25) is 0 Å². The number of hydrogen-bond donors (Lipinski definition) is 1. The van der Waals surface area contributed by atoms with Crippen LogP contribution in [0.1, 0.15) is 32.8 Å². The Bertz CT molecular complexity index is 446. The van der Waals surface area contributed by atoms with E-state index in [0.717, 1.165) is 24.3 Å². The molecule has 21 heavy (non-hydrogen) atoms. The van der Waals surface area contributed by atoms with E-state index in [1.807, 2.05) is 32.0 Å². The van der Waals surface area contributed by atoms with E-state index in [1.54, 1.807) is 7.11 Å². The maximum atomic E-state index is 11.5. The van der Waals surface area contributed by atoms with Crippen molar-refractivity contribution in [1.82, 2.24) is 5.32 Å². The Morgan fingerprint density at radius 3 is 2.71 bits per heavy atom. The zero-order valence-corrected chi connectivity index (χ0v) is 13.3. The second-order valence-corrected chi connectivity index (χ2v) is 4.98. The van der Waals surface area contributed by atoms with Gasteiger partial charge in [-0.2, -0.15) is 0 Å². The quantitative estimate of drug-likeness (QED) is 0.560. The van der Waals surface area contributed by atoms with E-state index in [4.69, 9.17) is 14.2 Å². The molecule has 0 fully saturated rings. The second-order valence-electron chi connectivity index (χ2n) is 4.98. The average molecular weight is 295 g/mol. The summed E-state index contributed by atoms with van der Waals surface area (Å²) in [5.41, 5.74) is 0.958. The summed E-state index contributed by atoms with van der Waals surface area (Å²) in [4.78, 5) is 11.5. The standard InChI is InChI=1S/C16H25NO4/c1-5-8-17-10-13-9-14(19-4)6-7-15(13)20-11-16(18)21-12(2)3/h6-7,9,12,17H,5,8,10-11H2,1-4H3. The summed E-state index contributed by atoms with van der Waals surface area (Å²) >= 11 is 0. The zero-order chi connectivity index (χ0) is 15.7. The van der Waals surface area contributed by atoms with Crippen molar-refractivity contribution in [1.29, 1.82) is 0 Å². The average Bonchev–Trinajstić information content (AvgIpc) is 2.45. The number of nitrogens with one attached hydrogen (secondary N) is 1. The van der Waals surface area contributed by atoms with E-state index in [1.165, 1.54) is 0 Å². The third kappa shape index (κ3) is 6.49. The highest BCUT2D eigenvalue weighted by molar-refractivity contribution is 5.71. The highest BCUT2D eigenvalue weighted by atomic mass is 16.6. The smallest absolute Gasteiger partial charge is 0.344 e. The van der Waals surface area contributed by atoms with Crippen LogP contribution in [0.3, 0.4) is 0 Å². The lowest BCUT2D eigenvalue weighted by Crippen LogP contribution is -2.20. The van der Waals surface area contributed by atoms with Gasteiger partial charge in [0.2, 0.25) is 0 Å². The summed E-state index contributed by atoms with van der Waals surface area (Å²) in [6.07, 6.45) is 0.920. The van der Waals surface area contributed by atoms with E-state index in [9.17, 15) is 4.79 Å². The van der Waals surface area contributed by atoms with Crippen molar-refractivity contribution in [3.8, 4) is 11.5 Å². The van der Waals surface area contributed by atoms with Gasteiger partial charge >= 0.3 is 5.97 Å². The molecule has 1 aromatic carbocycles. The minimum atomic E-state index is -0.367. The third-order valence-corrected chi connectivity index (χ3v) is 2.72. The van der Waals surface area contributed by atoms with E-state index in [-0.39, 0.29) is 18.7 Å². The number of methoxy groups -OCH3 is 1. The van der Waals surface area contributed by atoms with Crippen LogP contribution in [0.25, 0.3) is 0 Å². The van der Waals surface area contributed by atoms with Crippen LogP contribution < -0.4 is 14.8 Å². The monoisotopic (exact) mass is 295 g/mol. The number of benzene rings is 1. The molecule has 0 aliphatic heterocycles. The highest BCUT2D eigenvalue weighted by Gasteiger charge is 2.10. The number of esters is 1. The Kier molecular flexibility index (Phi) is 7.61. The molecule has 0 aliphatic carbocycles. The van der Waals surface area contributed by atoms with Gasteiger partial charge in [0.15, 0.2) is 6.61 Å². The van der Waals surface area contributed by atoms with Crippen LogP contribution >= 0.6 is 0 Å². The molecule has 0 unspecified atom stereocenters. The van der Waals surface area contributed by atoms with E-state index >= 15 is 0 Å². The summed E-state index contributed by atoms with van der Waals surface area (Å²) in [5, 5.41) is 3.31. The Balaban J connectivity index is 2.68. The van der Waals surface area contributed by atoms with Gasteiger partial charge in [0.25, 0.3) is 0 Å². The van der Waals surface area contributed by atoms with E-state index < -0.39 is 0 Å². The second kappa shape index (κ2) is 9.23. The van der Waals surface area contributed by atoms with Crippen LogP contribution in [0, 0.1) is 0 Å². The molecule has 118 valence electrons. The fourth-order valence-corrected chi connectivity index (χ4v) is 1.80. The van der Waals surface area contributed by atoms with Gasteiger partial charge < -0.3 is 19.5 Å². The minimum absolute atomic E-state index is 0.0920. The molecule has 0 atom stereocenters. The SMILES string of the molecule is CCCNCc1cc(OC)ccc1OCC(=O)OC(C)C. The fourth-order valence-electron chi connectivity index (χ4n) is 1.80. The molecule has 0 saturated carbocycles. The molecular formula is C16H25NO4. The number of carbonyl (C=O) groups is 1. The van der Waals surface area contributed by atoms with E-state index in [0.29, 0.717) is 12.3 Å². The zero-order valence-electron chi connectivity index (χ0n) is 13.3. The van der Waals surface area contributed by atoms with Crippen LogP contribution in [0.15, 0.2) is 18.2 Å². The van der Waals surface area contributed by atoms with Crippen molar-refractivity contribution < 1.29 is 19.0 Å². The molecular weight excluding hydrogens is 270 g/mol. The molecule has 0 amide bonds. The lowest BCUT2D eigenvalue weighted by molar-refractivity contribution is -0.149. The normalized spacial score (nSPS) is 10.5. The van der Waals surface area contributed by atoms with E-state index in [2.05, 4.69) is 12.2 Å². The van der Waals surface area contributed by atoms with Crippen LogP contribution in [0.4, 0.5) is 0 Å². The first-order chi connectivity index (χ1) is 10.1. The molecule has 1 aromatic rings. The lowest BCUT2D eigenvalue weighted by atomic mass is 10.2. The molecule has 0 spiro atoms. The number of hydrogen-bond acceptors (Lipinski definition) is 5. The molecule has 1 rings (SSSR count). The number of carbonyl (C=O) groups excluding carboxylic acids is 1. The van der Waals surface area contributed by atoms with Gasteiger partial charge in [0.05, 0.1) is 13.2 Å². The molecule has 5 nitrogen and oxygen atoms in total. The van der Waals surface area contributed by atoms with Crippen molar-refractivity contribution in [2.45, 2.75) is 39.8 Å². The van der Waals surface area contributed by atoms with Gasteiger partial charge in [-0.15, -0.1) is 0 Å². The maximum Gasteiger partial charge on any atom is 0.344 e. The van der Waals surface area contributed by atoms with Gasteiger partial charge in [0.1, 0.15) is 11.5 Å². The van der Waals surface area contributed by atoms with Crippen molar-refractivity contribution in [3.05, 3.63) is 23.8 Å². The van der Waals surface area contributed by atoms with Crippen LogP contribution in [-0.4, -0.2) is 32.3 Å². The Morgan fingerprint density at radius 2 is 2.10 bits per heavy atom. The van der Waals surface area contributed by atoms with Gasteiger partial charge in [-0.3, -0.25) is 0 Å². The topological polar surface area (TPSA) is 56.8 Å². The Morgan fingerprint density at radius 1 is 1.33 bits per heavy atom. The summed E-state index contributed by atoms with van der Waals surface area (Å²) in [5.74, 6) is 1.06. The van der Waals surface area contributed by atoms with Crippen molar-refractivity contribution in [3.63, 3.8) is 0 Å². The van der Waals surface area contributed by atoms with Crippen molar-refractivity contribution in [2.75, 3.05) is 20.3 Å². The molecule has 0 radical (unpaired) electrons. The molecule has 0 aliphatic rings.